The second-order valence-electron chi connectivity index (χ2n) is 4.54. The average Bonchev–Trinajstić information content (AvgIpc) is 2.50. The Labute approximate surface area is 124 Å². The van der Waals surface area contributed by atoms with Crippen LogP contribution in [0.1, 0.15) is 17.5 Å². The summed E-state index contributed by atoms with van der Waals surface area (Å²) in [6.07, 6.45) is 4.15. The second-order valence-corrected chi connectivity index (χ2v) is 4.54. The van der Waals surface area contributed by atoms with E-state index in [1.54, 1.807) is 36.7 Å². The Hall–Kier alpha value is -2.62. The summed E-state index contributed by atoms with van der Waals surface area (Å²) in [7, 11) is 0. The van der Waals surface area contributed by atoms with Crippen LogP contribution in [0.3, 0.4) is 0 Å². The molecule has 0 aliphatic rings. The Morgan fingerprint density at radius 2 is 1.14 bits per heavy atom. The van der Waals surface area contributed by atoms with Crippen molar-refractivity contribution in [2.75, 3.05) is 13.1 Å². The first-order valence-corrected chi connectivity index (χ1v) is 6.83. The molecule has 0 aliphatic heterocycles. The Kier molecular flexibility index (Phi) is 5.52. The van der Waals surface area contributed by atoms with Crippen LogP contribution in [0.25, 0.3) is 0 Å². The van der Waals surface area contributed by atoms with Crippen LogP contribution < -0.4 is 0 Å². The molecule has 0 atom stereocenters. The summed E-state index contributed by atoms with van der Waals surface area (Å²) in [6.45, 7) is 1.29. The lowest BCUT2D eigenvalue weighted by molar-refractivity contribution is 0.474. The third-order valence-corrected chi connectivity index (χ3v) is 2.91. The molecular weight excluding hydrogens is 264 g/mol. The average molecular weight is 282 g/mol. The quantitative estimate of drug-likeness (QED) is 0.632. The van der Waals surface area contributed by atoms with E-state index in [1.807, 2.05) is 24.3 Å². The van der Waals surface area contributed by atoms with Crippen molar-refractivity contribution in [1.29, 1.82) is 0 Å². The molecule has 0 saturated carbocycles. The van der Waals surface area contributed by atoms with E-state index in [-0.39, 0.29) is 11.5 Å². The molecular formula is C17H18N2O2. The van der Waals surface area contributed by atoms with E-state index in [0.29, 0.717) is 13.1 Å². The molecule has 4 nitrogen and oxygen atoms in total. The highest BCUT2D eigenvalue weighted by Crippen LogP contribution is 2.13. The van der Waals surface area contributed by atoms with Crippen molar-refractivity contribution in [2.45, 2.75) is 6.42 Å². The summed E-state index contributed by atoms with van der Waals surface area (Å²) in [5, 5.41) is 19.1. The Bertz CT molecular complexity index is 581. The molecule has 0 aromatic heterocycles. The van der Waals surface area contributed by atoms with Crippen molar-refractivity contribution in [3.63, 3.8) is 0 Å². The normalized spacial score (nSPS) is 11.4. The van der Waals surface area contributed by atoms with Crippen LogP contribution in [0.15, 0.2) is 58.5 Å². The van der Waals surface area contributed by atoms with Crippen molar-refractivity contribution >= 4 is 12.4 Å². The van der Waals surface area contributed by atoms with Gasteiger partial charge in [0.05, 0.1) is 0 Å². The van der Waals surface area contributed by atoms with E-state index in [1.165, 1.54) is 0 Å². The van der Waals surface area contributed by atoms with Crippen LogP contribution >= 0.6 is 0 Å². The minimum atomic E-state index is 0.235. The van der Waals surface area contributed by atoms with Gasteiger partial charge in [-0.05, 0) is 30.7 Å². The summed E-state index contributed by atoms with van der Waals surface area (Å²) < 4.78 is 0. The zero-order valence-corrected chi connectivity index (χ0v) is 11.7. The van der Waals surface area contributed by atoms with Gasteiger partial charge in [-0.25, -0.2) is 0 Å². The first-order valence-electron chi connectivity index (χ1n) is 6.83. The van der Waals surface area contributed by atoms with Crippen LogP contribution in [0.5, 0.6) is 11.5 Å². The molecule has 0 radical (unpaired) electrons. The van der Waals surface area contributed by atoms with Crippen molar-refractivity contribution in [2.24, 2.45) is 9.98 Å². The molecule has 2 N–H and O–H groups in total. The first kappa shape index (κ1) is 14.8. The predicted octanol–water partition coefficient (Wildman–Crippen LogP) is 3.03. The van der Waals surface area contributed by atoms with E-state index in [9.17, 15) is 10.2 Å². The molecule has 0 bridgehead atoms. The van der Waals surface area contributed by atoms with Crippen LogP contribution in [0.4, 0.5) is 0 Å². The van der Waals surface area contributed by atoms with Gasteiger partial charge in [0.15, 0.2) is 0 Å². The number of benzene rings is 2. The number of para-hydroxylation sites is 2. The number of hydrogen-bond donors (Lipinski definition) is 2. The summed E-state index contributed by atoms with van der Waals surface area (Å²) in [6, 6.07) is 14.2. The van der Waals surface area contributed by atoms with Crippen LogP contribution in [0.2, 0.25) is 0 Å². The van der Waals surface area contributed by atoms with E-state index < -0.39 is 0 Å². The lowest BCUT2D eigenvalue weighted by Crippen LogP contribution is -1.90. The molecule has 0 unspecified atom stereocenters. The maximum Gasteiger partial charge on any atom is 0.124 e. The molecule has 21 heavy (non-hydrogen) atoms. The fraction of sp³-hybridized carbons (Fsp3) is 0.176. The van der Waals surface area contributed by atoms with Gasteiger partial charge < -0.3 is 10.2 Å². The fourth-order valence-electron chi connectivity index (χ4n) is 1.77. The molecule has 0 amide bonds. The van der Waals surface area contributed by atoms with Gasteiger partial charge in [-0.2, -0.15) is 0 Å². The number of nitrogens with zero attached hydrogens (tertiary/aromatic N) is 2. The maximum absolute atomic E-state index is 9.56. The van der Waals surface area contributed by atoms with Gasteiger partial charge in [0, 0.05) is 36.6 Å². The molecule has 0 aliphatic carbocycles. The summed E-state index contributed by atoms with van der Waals surface area (Å²) in [4.78, 5) is 8.51. The van der Waals surface area contributed by atoms with Crippen LogP contribution in [0, 0.1) is 0 Å². The minimum Gasteiger partial charge on any atom is -0.507 e. The van der Waals surface area contributed by atoms with Gasteiger partial charge in [-0.15, -0.1) is 0 Å². The molecule has 2 aromatic rings. The summed E-state index contributed by atoms with van der Waals surface area (Å²) >= 11 is 0. The van der Waals surface area contributed by atoms with Crippen molar-refractivity contribution in [3.05, 3.63) is 59.7 Å². The standard InChI is InChI=1S/C17H18N2O2/c20-16-8-3-1-6-14(16)12-18-10-5-11-19-13-15-7-2-4-9-17(15)21/h1-4,6-9,12-13,20-21H,5,10-11H2. The van der Waals surface area contributed by atoms with Crippen LogP contribution in [-0.2, 0) is 0 Å². The Morgan fingerprint density at radius 1 is 0.714 bits per heavy atom. The predicted molar refractivity (Wildman–Crippen MR) is 85.8 cm³/mol. The van der Waals surface area contributed by atoms with Crippen LogP contribution in [-0.4, -0.2) is 35.7 Å². The number of aromatic hydroxyl groups is 2. The number of phenols is 2. The largest absolute Gasteiger partial charge is 0.507 e. The zero-order chi connectivity index (χ0) is 14.9. The zero-order valence-electron chi connectivity index (χ0n) is 11.7. The smallest absolute Gasteiger partial charge is 0.124 e. The molecule has 2 aromatic carbocycles. The number of rotatable bonds is 6. The molecule has 0 spiro atoms. The van der Waals surface area contributed by atoms with E-state index in [0.717, 1.165) is 17.5 Å². The molecule has 0 heterocycles. The highest BCUT2D eigenvalue weighted by atomic mass is 16.3. The minimum absolute atomic E-state index is 0.235. The molecule has 108 valence electrons. The number of aliphatic imine (C=N–C) groups is 2. The summed E-state index contributed by atoms with van der Waals surface area (Å²) in [5.74, 6) is 0.470. The highest BCUT2D eigenvalue weighted by molar-refractivity contribution is 5.83. The highest BCUT2D eigenvalue weighted by Gasteiger charge is 1.95. The van der Waals surface area contributed by atoms with Gasteiger partial charge in [0.25, 0.3) is 0 Å². The Morgan fingerprint density at radius 3 is 1.57 bits per heavy atom. The number of hydrogen-bond acceptors (Lipinski definition) is 4. The van der Waals surface area contributed by atoms with Gasteiger partial charge >= 0.3 is 0 Å². The van der Waals surface area contributed by atoms with Gasteiger partial charge in [-0.1, -0.05) is 24.3 Å². The summed E-state index contributed by atoms with van der Waals surface area (Å²) in [5.41, 5.74) is 1.44. The van der Waals surface area contributed by atoms with Crippen molar-refractivity contribution < 1.29 is 10.2 Å². The molecule has 0 saturated heterocycles. The first-order chi connectivity index (χ1) is 10.3. The van der Waals surface area contributed by atoms with Gasteiger partial charge in [0.1, 0.15) is 11.5 Å². The van der Waals surface area contributed by atoms with Crippen molar-refractivity contribution in [3.8, 4) is 11.5 Å². The topological polar surface area (TPSA) is 65.2 Å². The third kappa shape index (κ3) is 4.76. The maximum atomic E-state index is 9.56. The third-order valence-electron chi connectivity index (χ3n) is 2.91. The molecule has 4 heteroatoms. The lowest BCUT2D eigenvalue weighted by atomic mass is 10.2. The Balaban J connectivity index is 1.73. The van der Waals surface area contributed by atoms with Gasteiger partial charge in [-0.3, -0.25) is 9.98 Å². The second kappa shape index (κ2) is 7.85. The van der Waals surface area contributed by atoms with E-state index in [2.05, 4.69) is 9.98 Å². The fourth-order valence-corrected chi connectivity index (χ4v) is 1.77. The van der Waals surface area contributed by atoms with E-state index in [4.69, 9.17) is 0 Å². The molecule has 2 rings (SSSR count). The number of phenolic OH excluding ortho intramolecular Hbond substituents is 2. The monoisotopic (exact) mass is 282 g/mol. The van der Waals surface area contributed by atoms with E-state index >= 15 is 0 Å². The molecule has 0 fully saturated rings. The van der Waals surface area contributed by atoms with Gasteiger partial charge in [0.2, 0.25) is 0 Å². The lowest BCUT2D eigenvalue weighted by Gasteiger charge is -1.97. The SMILES string of the molecule is Oc1ccccc1C=NCCCN=Cc1ccccc1O. The van der Waals surface area contributed by atoms with Crippen molar-refractivity contribution in [1.82, 2.24) is 0 Å².